The third-order valence-corrected chi connectivity index (χ3v) is 3.55. The summed E-state index contributed by atoms with van der Waals surface area (Å²) in [6, 6.07) is 0.556. The van der Waals surface area contributed by atoms with Gasteiger partial charge < -0.3 is 10.0 Å². The summed E-state index contributed by atoms with van der Waals surface area (Å²) in [6.45, 7) is 4.59. The zero-order chi connectivity index (χ0) is 11.4. The lowest BCUT2D eigenvalue weighted by Crippen LogP contribution is -2.40. The van der Waals surface area contributed by atoms with E-state index in [1.165, 1.54) is 45.2 Å². The maximum atomic E-state index is 10.7. The van der Waals surface area contributed by atoms with Gasteiger partial charge in [-0.1, -0.05) is 6.42 Å². The maximum Gasteiger partial charge on any atom is 0.317 e. The molecule has 0 spiro atoms. The van der Waals surface area contributed by atoms with E-state index in [0.717, 1.165) is 13.1 Å². The van der Waals surface area contributed by atoms with Gasteiger partial charge in [0, 0.05) is 19.1 Å². The van der Waals surface area contributed by atoms with Gasteiger partial charge in [0.1, 0.15) is 0 Å². The van der Waals surface area contributed by atoms with E-state index in [9.17, 15) is 4.79 Å². The van der Waals surface area contributed by atoms with E-state index in [4.69, 9.17) is 5.11 Å². The molecule has 1 aliphatic heterocycles. The molecule has 4 heteroatoms. The molecule has 2 aliphatic rings. The van der Waals surface area contributed by atoms with Gasteiger partial charge in [0.15, 0.2) is 0 Å². The van der Waals surface area contributed by atoms with Crippen molar-refractivity contribution in [2.45, 2.75) is 38.1 Å². The van der Waals surface area contributed by atoms with Gasteiger partial charge in [0.25, 0.3) is 0 Å². The number of hydrogen-bond acceptors (Lipinski definition) is 3. The van der Waals surface area contributed by atoms with E-state index in [-0.39, 0.29) is 6.54 Å². The van der Waals surface area contributed by atoms with Gasteiger partial charge in [0.2, 0.25) is 0 Å². The summed E-state index contributed by atoms with van der Waals surface area (Å²) in [6.07, 6.45) is 6.35. The lowest BCUT2D eigenvalue weighted by atomic mass is 10.1. The van der Waals surface area contributed by atoms with Crippen LogP contribution in [0.15, 0.2) is 0 Å². The van der Waals surface area contributed by atoms with Crippen LogP contribution in [0.25, 0.3) is 0 Å². The molecule has 0 aromatic carbocycles. The fraction of sp³-hybridized carbons (Fsp3) is 0.917. The van der Waals surface area contributed by atoms with Crippen LogP contribution >= 0.6 is 0 Å². The van der Waals surface area contributed by atoms with Crippen LogP contribution < -0.4 is 0 Å². The van der Waals surface area contributed by atoms with Crippen LogP contribution in [0, 0.1) is 0 Å². The fourth-order valence-corrected chi connectivity index (χ4v) is 2.46. The van der Waals surface area contributed by atoms with Gasteiger partial charge in [-0.3, -0.25) is 9.69 Å². The molecule has 1 saturated heterocycles. The SMILES string of the molecule is O=C(O)CN(CCN1CCCCC1)C1CC1. The second-order valence-corrected chi connectivity index (χ2v) is 5.00. The summed E-state index contributed by atoms with van der Waals surface area (Å²) in [7, 11) is 0. The number of likely N-dealkylation sites (tertiary alicyclic amines) is 1. The molecule has 0 bridgehead atoms. The largest absolute Gasteiger partial charge is 0.480 e. The first-order chi connectivity index (χ1) is 7.75. The van der Waals surface area contributed by atoms with Crippen molar-refractivity contribution < 1.29 is 9.90 Å². The predicted molar refractivity (Wildman–Crippen MR) is 62.5 cm³/mol. The lowest BCUT2D eigenvalue weighted by molar-refractivity contribution is -0.138. The fourth-order valence-electron chi connectivity index (χ4n) is 2.46. The molecule has 0 unspecified atom stereocenters. The molecule has 1 heterocycles. The molecular weight excluding hydrogens is 204 g/mol. The molecule has 0 amide bonds. The van der Waals surface area contributed by atoms with Gasteiger partial charge in [0.05, 0.1) is 6.54 Å². The molecule has 1 N–H and O–H groups in total. The number of carbonyl (C=O) groups is 1. The monoisotopic (exact) mass is 226 g/mol. The molecule has 0 aromatic heterocycles. The number of carboxylic acids is 1. The zero-order valence-corrected chi connectivity index (χ0v) is 9.90. The van der Waals surface area contributed by atoms with Gasteiger partial charge >= 0.3 is 5.97 Å². The predicted octanol–water partition coefficient (Wildman–Crippen LogP) is 1.02. The van der Waals surface area contributed by atoms with Crippen molar-refractivity contribution >= 4 is 5.97 Å². The molecule has 0 radical (unpaired) electrons. The lowest BCUT2D eigenvalue weighted by Gasteiger charge is -2.29. The van der Waals surface area contributed by atoms with Gasteiger partial charge in [-0.2, -0.15) is 0 Å². The minimum Gasteiger partial charge on any atom is -0.480 e. The maximum absolute atomic E-state index is 10.7. The van der Waals surface area contributed by atoms with Crippen molar-refractivity contribution in [2.75, 3.05) is 32.7 Å². The van der Waals surface area contributed by atoms with Crippen molar-refractivity contribution in [3.8, 4) is 0 Å². The summed E-state index contributed by atoms with van der Waals surface area (Å²) in [5.74, 6) is -0.689. The minimum absolute atomic E-state index is 0.221. The topological polar surface area (TPSA) is 43.8 Å². The summed E-state index contributed by atoms with van der Waals surface area (Å²) < 4.78 is 0. The molecule has 0 atom stereocenters. The third-order valence-electron chi connectivity index (χ3n) is 3.55. The van der Waals surface area contributed by atoms with E-state index in [0.29, 0.717) is 6.04 Å². The highest BCUT2D eigenvalue weighted by molar-refractivity contribution is 5.69. The van der Waals surface area contributed by atoms with E-state index in [2.05, 4.69) is 9.80 Å². The number of carboxylic acid groups (broad SMARTS) is 1. The standard InChI is InChI=1S/C12H22N2O2/c15-12(16)10-14(11-4-5-11)9-8-13-6-2-1-3-7-13/h11H,1-10H2,(H,15,16). The second-order valence-electron chi connectivity index (χ2n) is 5.00. The third kappa shape index (κ3) is 3.76. The van der Waals surface area contributed by atoms with Gasteiger partial charge in [-0.25, -0.2) is 0 Å². The Bertz CT molecular complexity index is 235. The van der Waals surface area contributed by atoms with Crippen LogP contribution in [0.3, 0.4) is 0 Å². The van der Waals surface area contributed by atoms with Crippen molar-refractivity contribution in [1.29, 1.82) is 0 Å². The Kier molecular flexibility index (Phi) is 4.18. The molecule has 1 saturated carbocycles. The van der Waals surface area contributed by atoms with E-state index in [1.54, 1.807) is 0 Å². The van der Waals surface area contributed by atoms with E-state index >= 15 is 0 Å². The second kappa shape index (κ2) is 5.64. The first-order valence-electron chi connectivity index (χ1n) is 6.44. The molecular formula is C12H22N2O2. The molecule has 1 aliphatic carbocycles. The number of aliphatic carboxylic acids is 1. The molecule has 16 heavy (non-hydrogen) atoms. The van der Waals surface area contributed by atoms with Crippen LogP contribution in [0.5, 0.6) is 0 Å². The summed E-state index contributed by atoms with van der Waals surface area (Å²) in [5, 5.41) is 8.84. The number of rotatable bonds is 6. The molecule has 2 rings (SSSR count). The van der Waals surface area contributed by atoms with Crippen LogP contribution in [0.1, 0.15) is 32.1 Å². The van der Waals surface area contributed by atoms with E-state index < -0.39 is 5.97 Å². The Balaban J connectivity index is 1.70. The Morgan fingerprint density at radius 3 is 2.50 bits per heavy atom. The molecule has 0 aromatic rings. The van der Waals surface area contributed by atoms with Crippen molar-refractivity contribution in [1.82, 2.24) is 9.80 Å². The average molecular weight is 226 g/mol. The summed E-state index contributed by atoms with van der Waals surface area (Å²) in [5.41, 5.74) is 0. The molecule has 92 valence electrons. The Morgan fingerprint density at radius 1 is 1.25 bits per heavy atom. The molecule has 2 fully saturated rings. The number of hydrogen-bond donors (Lipinski definition) is 1. The highest BCUT2D eigenvalue weighted by Crippen LogP contribution is 2.26. The quantitative estimate of drug-likeness (QED) is 0.734. The summed E-state index contributed by atoms with van der Waals surface area (Å²) >= 11 is 0. The Morgan fingerprint density at radius 2 is 1.94 bits per heavy atom. The van der Waals surface area contributed by atoms with Gasteiger partial charge in [-0.05, 0) is 38.8 Å². The van der Waals surface area contributed by atoms with Crippen LogP contribution in [-0.4, -0.2) is 59.6 Å². The number of nitrogens with zero attached hydrogens (tertiary/aromatic N) is 2. The normalized spacial score (nSPS) is 22.6. The van der Waals surface area contributed by atoms with Crippen molar-refractivity contribution in [3.05, 3.63) is 0 Å². The first-order valence-corrected chi connectivity index (χ1v) is 6.44. The summed E-state index contributed by atoms with van der Waals surface area (Å²) in [4.78, 5) is 15.3. The zero-order valence-electron chi connectivity index (χ0n) is 9.90. The van der Waals surface area contributed by atoms with Gasteiger partial charge in [-0.15, -0.1) is 0 Å². The Hall–Kier alpha value is -0.610. The first kappa shape index (κ1) is 11.9. The minimum atomic E-state index is -0.689. The average Bonchev–Trinajstić information content (AvgIpc) is 3.09. The van der Waals surface area contributed by atoms with Crippen LogP contribution in [-0.2, 0) is 4.79 Å². The van der Waals surface area contributed by atoms with E-state index in [1.807, 2.05) is 0 Å². The molecule has 4 nitrogen and oxygen atoms in total. The smallest absolute Gasteiger partial charge is 0.317 e. The number of piperidine rings is 1. The highest BCUT2D eigenvalue weighted by atomic mass is 16.4. The van der Waals surface area contributed by atoms with Crippen LogP contribution in [0.4, 0.5) is 0 Å². The highest BCUT2D eigenvalue weighted by Gasteiger charge is 2.30. The van der Waals surface area contributed by atoms with Crippen LogP contribution in [0.2, 0.25) is 0 Å². The van der Waals surface area contributed by atoms with Crippen molar-refractivity contribution in [2.24, 2.45) is 0 Å². The Labute approximate surface area is 97.2 Å². The van der Waals surface area contributed by atoms with Crippen molar-refractivity contribution in [3.63, 3.8) is 0 Å².